The molecule has 0 saturated heterocycles. The second-order valence-corrected chi connectivity index (χ2v) is 5.12. The van der Waals surface area contributed by atoms with E-state index in [0.717, 1.165) is 13.0 Å². The Kier molecular flexibility index (Phi) is 3.99. The lowest BCUT2D eigenvalue weighted by Crippen LogP contribution is -2.28. The zero-order valence-corrected chi connectivity index (χ0v) is 10.7. The van der Waals surface area contributed by atoms with Crippen LogP contribution in [0.25, 0.3) is 0 Å². The van der Waals surface area contributed by atoms with Crippen LogP contribution in [0.4, 0.5) is 6.01 Å². The summed E-state index contributed by atoms with van der Waals surface area (Å²) < 4.78 is 5.64. The lowest BCUT2D eigenvalue weighted by atomic mass is 10.1. The highest BCUT2D eigenvalue weighted by molar-refractivity contribution is 5.29. The van der Waals surface area contributed by atoms with Gasteiger partial charge in [-0.2, -0.15) is 0 Å². The van der Waals surface area contributed by atoms with E-state index in [0.29, 0.717) is 36.8 Å². The van der Waals surface area contributed by atoms with Crippen molar-refractivity contribution in [3.8, 4) is 0 Å². The summed E-state index contributed by atoms with van der Waals surface area (Å²) in [4.78, 5) is 2.26. The summed E-state index contributed by atoms with van der Waals surface area (Å²) in [5.41, 5.74) is 5.48. The Morgan fingerprint density at radius 2 is 2.18 bits per heavy atom. The number of rotatable bonds is 7. The first-order valence-electron chi connectivity index (χ1n) is 6.49. The maximum atomic E-state index is 5.64. The predicted octanol–water partition coefficient (Wildman–Crippen LogP) is 1.59. The second kappa shape index (κ2) is 5.49. The molecule has 1 aromatic heterocycles. The number of anilines is 1. The maximum Gasteiger partial charge on any atom is 0.318 e. The molecule has 5 nitrogen and oxygen atoms in total. The molecule has 96 valence electrons. The van der Waals surface area contributed by atoms with Gasteiger partial charge >= 0.3 is 6.01 Å². The molecule has 0 bridgehead atoms. The highest BCUT2D eigenvalue weighted by atomic mass is 16.4. The van der Waals surface area contributed by atoms with E-state index < -0.39 is 0 Å². The van der Waals surface area contributed by atoms with Crippen molar-refractivity contribution in [2.24, 2.45) is 11.7 Å². The van der Waals surface area contributed by atoms with Crippen LogP contribution in [0.2, 0.25) is 0 Å². The first-order chi connectivity index (χ1) is 8.20. The second-order valence-electron chi connectivity index (χ2n) is 5.12. The summed E-state index contributed by atoms with van der Waals surface area (Å²) in [6.45, 7) is 6.03. The highest BCUT2D eigenvalue weighted by Gasteiger charge is 2.32. The first kappa shape index (κ1) is 12.4. The Morgan fingerprint density at radius 3 is 2.76 bits per heavy atom. The van der Waals surface area contributed by atoms with E-state index in [1.807, 2.05) is 0 Å². The third kappa shape index (κ3) is 3.43. The third-order valence-electron chi connectivity index (χ3n) is 3.00. The Labute approximate surface area is 102 Å². The van der Waals surface area contributed by atoms with E-state index in [9.17, 15) is 0 Å². The molecule has 1 saturated carbocycles. The molecule has 0 aromatic carbocycles. The van der Waals surface area contributed by atoms with Crippen molar-refractivity contribution in [3.63, 3.8) is 0 Å². The molecule has 2 rings (SSSR count). The molecule has 0 radical (unpaired) electrons. The van der Waals surface area contributed by atoms with Crippen LogP contribution in [0.5, 0.6) is 0 Å². The molecule has 1 fully saturated rings. The van der Waals surface area contributed by atoms with Crippen LogP contribution in [0.1, 0.15) is 39.0 Å². The van der Waals surface area contributed by atoms with E-state index in [1.54, 1.807) is 0 Å². The Bertz CT molecular complexity index is 346. The maximum absolute atomic E-state index is 5.64. The molecule has 17 heavy (non-hydrogen) atoms. The normalized spacial score (nSPS) is 15.5. The smallest absolute Gasteiger partial charge is 0.318 e. The largest absolute Gasteiger partial charge is 0.408 e. The van der Waals surface area contributed by atoms with Gasteiger partial charge in [0.2, 0.25) is 5.89 Å². The molecule has 1 aliphatic rings. The van der Waals surface area contributed by atoms with Gasteiger partial charge in [-0.05, 0) is 25.2 Å². The van der Waals surface area contributed by atoms with Crippen LogP contribution in [-0.4, -0.2) is 29.3 Å². The minimum atomic E-state index is 0.553. The van der Waals surface area contributed by atoms with Crippen LogP contribution in [0.15, 0.2) is 4.42 Å². The fraction of sp³-hybridized carbons (Fsp3) is 0.833. The van der Waals surface area contributed by atoms with Crippen LogP contribution in [0, 0.1) is 5.92 Å². The standard InChI is InChI=1S/C12H22N4O/c1-9(2)6-8-16(10-3-4-10)12-15-14-11(17-12)5-7-13/h9-10H,3-8,13H2,1-2H3. The van der Waals surface area contributed by atoms with Gasteiger partial charge in [-0.1, -0.05) is 18.9 Å². The summed E-state index contributed by atoms with van der Waals surface area (Å²) >= 11 is 0. The summed E-state index contributed by atoms with van der Waals surface area (Å²) in [6.07, 6.45) is 4.31. The third-order valence-corrected chi connectivity index (χ3v) is 3.00. The van der Waals surface area contributed by atoms with Gasteiger partial charge in [-0.15, -0.1) is 5.10 Å². The minimum Gasteiger partial charge on any atom is -0.408 e. The van der Waals surface area contributed by atoms with Crippen molar-refractivity contribution in [1.82, 2.24) is 10.2 Å². The molecular weight excluding hydrogens is 216 g/mol. The lowest BCUT2D eigenvalue weighted by Gasteiger charge is -2.20. The van der Waals surface area contributed by atoms with Crippen molar-refractivity contribution >= 4 is 6.01 Å². The van der Waals surface area contributed by atoms with Gasteiger partial charge in [0.1, 0.15) is 0 Å². The van der Waals surface area contributed by atoms with Crippen molar-refractivity contribution < 1.29 is 4.42 Å². The van der Waals surface area contributed by atoms with Gasteiger partial charge in [-0.3, -0.25) is 0 Å². The summed E-state index contributed by atoms with van der Waals surface area (Å²) in [6, 6.07) is 1.29. The van der Waals surface area contributed by atoms with Gasteiger partial charge in [0.15, 0.2) is 0 Å². The number of hydrogen-bond donors (Lipinski definition) is 1. The van der Waals surface area contributed by atoms with Crippen molar-refractivity contribution in [2.75, 3.05) is 18.0 Å². The van der Waals surface area contributed by atoms with E-state index in [-0.39, 0.29) is 0 Å². The van der Waals surface area contributed by atoms with Crippen molar-refractivity contribution in [2.45, 2.75) is 45.6 Å². The molecule has 0 aliphatic heterocycles. The van der Waals surface area contributed by atoms with Crippen LogP contribution < -0.4 is 10.6 Å². The van der Waals surface area contributed by atoms with Crippen molar-refractivity contribution in [1.29, 1.82) is 0 Å². The zero-order chi connectivity index (χ0) is 12.3. The predicted molar refractivity (Wildman–Crippen MR) is 66.9 cm³/mol. The number of aromatic nitrogens is 2. The summed E-state index contributed by atoms with van der Waals surface area (Å²) in [5.74, 6) is 1.35. The number of nitrogens with two attached hydrogens (primary N) is 1. The van der Waals surface area contributed by atoms with E-state index in [2.05, 4.69) is 28.9 Å². The fourth-order valence-corrected chi connectivity index (χ4v) is 1.80. The fourth-order valence-electron chi connectivity index (χ4n) is 1.80. The highest BCUT2D eigenvalue weighted by Crippen LogP contribution is 2.31. The molecule has 5 heteroatoms. The molecule has 0 amide bonds. The van der Waals surface area contributed by atoms with Gasteiger partial charge in [0.25, 0.3) is 0 Å². The molecule has 0 unspecified atom stereocenters. The molecule has 1 heterocycles. The van der Waals surface area contributed by atoms with Gasteiger partial charge in [0.05, 0.1) is 0 Å². The molecule has 0 atom stereocenters. The SMILES string of the molecule is CC(C)CCN(c1nnc(CCN)o1)C1CC1. The van der Waals surface area contributed by atoms with Crippen LogP contribution in [0.3, 0.4) is 0 Å². The first-order valence-corrected chi connectivity index (χ1v) is 6.49. The summed E-state index contributed by atoms with van der Waals surface area (Å²) in [5, 5.41) is 8.15. The zero-order valence-electron chi connectivity index (χ0n) is 10.7. The molecular formula is C12H22N4O. The quantitative estimate of drug-likeness (QED) is 0.781. The summed E-state index contributed by atoms with van der Waals surface area (Å²) in [7, 11) is 0. The average molecular weight is 238 g/mol. The van der Waals surface area contributed by atoms with Gasteiger partial charge < -0.3 is 15.1 Å². The lowest BCUT2D eigenvalue weighted by molar-refractivity contribution is 0.470. The Balaban J connectivity index is 1.98. The average Bonchev–Trinajstić information content (AvgIpc) is 3.00. The Hall–Kier alpha value is -1.10. The van der Waals surface area contributed by atoms with E-state index >= 15 is 0 Å². The van der Waals surface area contributed by atoms with Gasteiger partial charge in [-0.25, -0.2) is 0 Å². The molecule has 2 N–H and O–H groups in total. The van der Waals surface area contributed by atoms with Crippen LogP contribution >= 0.6 is 0 Å². The van der Waals surface area contributed by atoms with Crippen molar-refractivity contribution in [3.05, 3.63) is 5.89 Å². The monoisotopic (exact) mass is 238 g/mol. The van der Waals surface area contributed by atoms with Gasteiger partial charge in [0, 0.05) is 25.6 Å². The molecule has 1 aromatic rings. The minimum absolute atomic E-state index is 0.553. The Morgan fingerprint density at radius 1 is 1.41 bits per heavy atom. The van der Waals surface area contributed by atoms with Crippen LogP contribution in [-0.2, 0) is 6.42 Å². The molecule has 1 aliphatic carbocycles. The van der Waals surface area contributed by atoms with E-state index in [4.69, 9.17) is 10.2 Å². The number of nitrogens with zero attached hydrogens (tertiary/aromatic N) is 3. The van der Waals surface area contributed by atoms with E-state index in [1.165, 1.54) is 12.8 Å². The topological polar surface area (TPSA) is 68.2 Å². The number of hydrogen-bond acceptors (Lipinski definition) is 5. The molecule has 0 spiro atoms.